The van der Waals surface area contributed by atoms with Crippen molar-refractivity contribution in [2.45, 2.75) is 26.2 Å². The maximum absolute atomic E-state index is 5.38. The zero-order valence-corrected chi connectivity index (χ0v) is 9.74. The van der Waals surface area contributed by atoms with E-state index < -0.39 is 0 Å². The highest BCUT2D eigenvalue weighted by atomic mass is 35.5. The molecular formula is C10H23ClN2. The minimum absolute atomic E-state index is 0.827. The fourth-order valence-corrected chi connectivity index (χ4v) is 1.31. The topological polar surface area (TPSA) is 15.3 Å². The maximum Gasteiger partial charge on any atom is 0.0223 e. The fourth-order valence-electron chi connectivity index (χ4n) is 1.12. The van der Waals surface area contributed by atoms with E-state index in [-0.39, 0.29) is 0 Å². The second-order valence-corrected chi connectivity index (χ2v) is 3.83. The zero-order valence-electron chi connectivity index (χ0n) is 8.98. The van der Waals surface area contributed by atoms with Crippen LogP contribution in [0.1, 0.15) is 26.2 Å². The molecule has 0 aromatic carbocycles. The van der Waals surface area contributed by atoms with Gasteiger partial charge in [-0.05, 0) is 13.5 Å². The van der Waals surface area contributed by atoms with E-state index in [4.69, 9.17) is 11.6 Å². The van der Waals surface area contributed by atoms with Crippen molar-refractivity contribution in [3.05, 3.63) is 0 Å². The molecule has 0 spiro atoms. The number of hydrogen-bond donors (Lipinski definition) is 1. The molecule has 13 heavy (non-hydrogen) atoms. The van der Waals surface area contributed by atoms with Crippen molar-refractivity contribution in [1.82, 2.24) is 10.2 Å². The monoisotopic (exact) mass is 206 g/mol. The molecule has 2 nitrogen and oxygen atoms in total. The predicted molar refractivity (Wildman–Crippen MR) is 60.6 cm³/mol. The summed E-state index contributed by atoms with van der Waals surface area (Å²) >= 11 is 5.38. The van der Waals surface area contributed by atoms with E-state index >= 15 is 0 Å². The van der Waals surface area contributed by atoms with E-state index in [2.05, 4.69) is 24.2 Å². The first-order valence-electron chi connectivity index (χ1n) is 5.26. The van der Waals surface area contributed by atoms with Gasteiger partial charge in [0.05, 0.1) is 0 Å². The first kappa shape index (κ1) is 13.2. The zero-order chi connectivity index (χ0) is 9.94. The van der Waals surface area contributed by atoms with E-state index in [1.54, 1.807) is 0 Å². The molecule has 0 amide bonds. The Morgan fingerprint density at radius 3 is 2.08 bits per heavy atom. The van der Waals surface area contributed by atoms with E-state index in [1.807, 2.05) is 0 Å². The second-order valence-electron chi connectivity index (χ2n) is 3.45. The minimum atomic E-state index is 0.827. The molecule has 1 fully saturated rings. The van der Waals surface area contributed by atoms with Crippen LogP contribution >= 0.6 is 11.6 Å². The van der Waals surface area contributed by atoms with Crippen molar-refractivity contribution in [3.63, 3.8) is 0 Å². The van der Waals surface area contributed by atoms with Gasteiger partial charge in [0.2, 0.25) is 0 Å². The van der Waals surface area contributed by atoms with Crippen LogP contribution in [0.5, 0.6) is 0 Å². The fraction of sp³-hybridized carbons (Fsp3) is 1.00. The summed E-state index contributed by atoms with van der Waals surface area (Å²) in [6, 6.07) is 0. The second kappa shape index (κ2) is 10.3. The lowest BCUT2D eigenvalue weighted by Gasteiger charge is -2.21. The average Bonchev–Trinajstić information content (AvgIpc) is 2.17. The molecule has 1 saturated heterocycles. The van der Waals surface area contributed by atoms with Crippen molar-refractivity contribution < 1.29 is 0 Å². The third-order valence-electron chi connectivity index (χ3n) is 2.08. The molecule has 0 aliphatic carbocycles. The van der Waals surface area contributed by atoms with Gasteiger partial charge in [-0.1, -0.05) is 19.8 Å². The van der Waals surface area contributed by atoms with Crippen molar-refractivity contribution in [1.29, 1.82) is 0 Å². The molecule has 0 aromatic rings. The molecule has 0 atom stereocenters. The number of alkyl halides is 1. The summed E-state index contributed by atoms with van der Waals surface area (Å²) in [6.07, 6.45) is 3.73. The van der Waals surface area contributed by atoms with Crippen LogP contribution in [-0.2, 0) is 0 Å². The summed E-state index contributed by atoms with van der Waals surface area (Å²) in [4.78, 5) is 2.33. The SMILES string of the molecule is CCCCCCl.CN1CCNCC1. The highest BCUT2D eigenvalue weighted by molar-refractivity contribution is 6.17. The quantitative estimate of drug-likeness (QED) is 0.561. The lowest BCUT2D eigenvalue weighted by molar-refractivity contribution is 0.291. The summed E-state index contributed by atoms with van der Waals surface area (Å²) in [5.41, 5.74) is 0. The first-order chi connectivity index (χ1) is 6.31. The smallest absolute Gasteiger partial charge is 0.0223 e. The number of nitrogens with zero attached hydrogens (tertiary/aromatic N) is 1. The lowest BCUT2D eigenvalue weighted by Crippen LogP contribution is -2.40. The van der Waals surface area contributed by atoms with Crippen LogP contribution in [0.4, 0.5) is 0 Å². The van der Waals surface area contributed by atoms with Crippen molar-refractivity contribution >= 4 is 11.6 Å². The average molecular weight is 207 g/mol. The Labute approximate surface area is 87.6 Å². The normalized spacial score (nSPS) is 17.8. The van der Waals surface area contributed by atoms with Crippen LogP contribution in [0.15, 0.2) is 0 Å². The third-order valence-corrected chi connectivity index (χ3v) is 2.35. The Bertz CT molecular complexity index is 88.9. The Morgan fingerprint density at radius 1 is 1.23 bits per heavy atom. The molecule has 1 aliphatic rings. The van der Waals surface area contributed by atoms with Gasteiger partial charge in [0.1, 0.15) is 0 Å². The summed E-state index contributed by atoms with van der Waals surface area (Å²) in [6.45, 7) is 6.92. The number of unbranched alkanes of at least 4 members (excludes halogenated alkanes) is 2. The first-order valence-corrected chi connectivity index (χ1v) is 5.80. The van der Waals surface area contributed by atoms with Crippen LogP contribution in [0.25, 0.3) is 0 Å². The highest BCUT2D eigenvalue weighted by Crippen LogP contribution is 1.93. The molecule has 0 bridgehead atoms. The van der Waals surface area contributed by atoms with Gasteiger partial charge in [0.25, 0.3) is 0 Å². The van der Waals surface area contributed by atoms with Crippen molar-refractivity contribution in [3.8, 4) is 0 Å². The molecule has 1 rings (SSSR count). The number of likely N-dealkylation sites (N-methyl/N-ethyl adjacent to an activating group) is 1. The maximum atomic E-state index is 5.38. The molecule has 0 radical (unpaired) electrons. The number of nitrogens with one attached hydrogen (secondary N) is 1. The molecule has 1 heterocycles. The van der Waals surface area contributed by atoms with Crippen molar-refractivity contribution in [2.24, 2.45) is 0 Å². The van der Waals surface area contributed by atoms with Gasteiger partial charge in [0, 0.05) is 32.1 Å². The molecule has 3 heteroatoms. The standard InChI is InChI=1S/C5H11Cl.C5H12N2/c1-2-3-4-5-6;1-7-4-2-6-3-5-7/h2-5H2,1H3;6H,2-5H2,1H3. The van der Waals surface area contributed by atoms with E-state index in [1.165, 1.54) is 32.4 Å². The van der Waals surface area contributed by atoms with Gasteiger partial charge in [0.15, 0.2) is 0 Å². The van der Waals surface area contributed by atoms with E-state index in [0.29, 0.717) is 0 Å². The largest absolute Gasteiger partial charge is 0.314 e. The van der Waals surface area contributed by atoms with E-state index in [0.717, 1.165) is 19.0 Å². The lowest BCUT2D eigenvalue weighted by atomic mass is 10.3. The minimum Gasteiger partial charge on any atom is -0.314 e. The van der Waals surface area contributed by atoms with Crippen LogP contribution < -0.4 is 5.32 Å². The summed E-state index contributed by atoms with van der Waals surface area (Å²) in [5, 5.41) is 3.27. The molecule has 0 saturated carbocycles. The van der Waals surface area contributed by atoms with Gasteiger partial charge in [-0.25, -0.2) is 0 Å². The number of halogens is 1. The van der Waals surface area contributed by atoms with Gasteiger partial charge in [-0.3, -0.25) is 0 Å². The Kier molecular flexibility index (Phi) is 10.5. The molecule has 1 N–H and O–H groups in total. The number of rotatable bonds is 3. The van der Waals surface area contributed by atoms with E-state index in [9.17, 15) is 0 Å². The molecule has 0 unspecified atom stereocenters. The Balaban J connectivity index is 0.000000226. The summed E-state index contributed by atoms with van der Waals surface area (Å²) in [5.74, 6) is 0.827. The van der Waals surface area contributed by atoms with Crippen molar-refractivity contribution in [2.75, 3.05) is 39.1 Å². The molecular weight excluding hydrogens is 184 g/mol. The van der Waals surface area contributed by atoms with Crippen LogP contribution in [0, 0.1) is 0 Å². The van der Waals surface area contributed by atoms with Gasteiger partial charge < -0.3 is 10.2 Å². The number of piperazine rings is 1. The third kappa shape index (κ3) is 10.1. The van der Waals surface area contributed by atoms with Crippen LogP contribution in [0.3, 0.4) is 0 Å². The Morgan fingerprint density at radius 2 is 1.85 bits per heavy atom. The highest BCUT2D eigenvalue weighted by Gasteiger charge is 2.01. The van der Waals surface area contributed by atoms with Crippen LogP contribution in [0.2, 0.25) is 0 Å². The Hall–Kier alpha value is 0.210. The molecule has 1 aliphatic heterocycles. The molecule has 80 valence electrons. The number of hydrogen-bond acceptors (Lipinski definition) is 2. The van der Waals surface area contributed by atoms with Crippen LogP contribution in [-0.4, -0.2) is 44.0 Å². The predicted octanol–water partition coefficient (Wildman–Crippen LogP) is 1.94. The molecule has 0 aromatic heterocycles. The van der Waals surface area contributed by atoms with Gasteiger partial charge >= 0.3 is 0 Å². The summed E-state index contributed by atoms with van der Waals surface area (Å²) in [7, 11) is 2.15. The van der Waals surface area contributed by atoms with Gasteiger partial charge in [-0.2, -0.15) is 0 Å². The van der Waals surface area contributed by atoms with Gasteiger partial charge in [-0.15, -0.1) is 11.6 Å². The summed E-state index contributed by atoms with van der Waals surface area (Å²) < 4.78 is 0.